The van der Waals surface area contributed by atoms with E-state index in [0.717, 1.165) is 11.1 Å². The number of benzene rings is 2. The van der Waals surface area contributed by atoms with Crippen LogP contribution < -0.4 is 15.2 Å². The number of rotatable bonds is 4. The average Bonchev–Trinajstić information content (AvgIpc) is 2.37. The van der Waals surface area contributed by atoms with Crippen molar-refractivity contribution < 1.29 is 13.9 Å². The van der Waals surface area contributed by atoms with Crippen molar-refractivity contribution in [2.75, 3.05) is 5.73 Å². The fourth-order valence-electron chi connectivity index (χ4n) is 2.02. The number of nitrogen functional groups attached to an aromatic ring is 1. The van der Waals surface area contributed by atoms with E-state index in [9.17, 15) is 4.39 Å². The van der Waals surface area contributed by atoms with Gasteiger partial charge in [0.05, 0.1) is 11.8 Å². The van der Waals surface area contributed by atoms with Gasteiger partial charge in [-0.25, -0.2) is 4.39 Å². The minimum absolute atomic E-state index is 0.128. The number of nitrogens with two attached hydrogens (primary N) is 1. The number of ether oxygens (including phenoxy) is 2. The summed E-state index contributed by atoms with van der Waals surface area (Å²) < 4.78 is 25.0. The molecule has 0 atom stereocenters. The molecule has 2 rings (SSSR count). The summed E-state index contributed by atoms with van der Waals surface area (Å²) in [6.45, 7) is 7.63. The van der Waals surface area contributed by atoms with E-state index in [0.29, 0.717) is 11.5 Å². The Morgan fingerprint density at radius 2 is 1.71 bits per heavy atom. The summed E-state index contributed by atoms with van der Waals surface area (Å²) in [5.74, 6) is 0.724. The third-order valence-electron chi connectivity index (χ3n) is 2.98. The lowest BCUT2D eigenvalue weighted by Crippen LogP contribution is -2.07. The Morgan fingerprint density at radius 3 is 2.33 bits per heavy atom. The molecule has 0 aliphatic heterocycles. The number of aryl methyl sites for hydroxylation is 2. The maximum atomic E-state index is 13.8. The Hall–Kier alpha value is -2.23. The van der Waals surface area contributed by atoms with E-state index in [1.54, 1.807) is 0 Å². The Kier molecular flexibility index (Phi) is 4.36. The second-order valence-electron chi connectivity index (χ2n) is 5.36. The molecule has 0 aliphatic rings. The minimum Gasteiger partial charge on any atom is -0.488 e. The van der Waals surface area contributed by atoms with Gasteiger partial charge in [0, 0.05) is 12.1 Å². The first-order chi connectivity index (χ1) is 9.86. The quantitative estimate of drug-likeness (QED) is 0.836. The van der Waals surface area contributed by atoms with Crippen LogP contribution in [0.4, 0.5) is 10.1 Å². The molecule has 0 aromatic heterocycles. The van der Waals surface area contributed by atoms with Gasteiger partial charge < -0.3 is 15.2 Å². The van der Waals surface area contributed by atoms with E-state index >= 15 is 0 Å². The summed E-state index contributed by atoms with van der Waals surface area (Å²) in [4.78, 5) is 0. The number of hydrogen-bond acceptors (Lipinski definition) is 3. The van der Waals surface area contributed by atoms with Gasteiger partial charge in [-0.1, -0.05) is 17.7 Å². The second-order valence-corrected chi connectivity index (χ2v) is 5.36. The molecule has 0 spiro atoms. The highest BCUT2D eigenvalue weighted by molar-refractivity contribution is 5.58. The SMILES string of the molecule is Cc1ccc(Oc2cc(OC(C)C)c(F)cc2N)c(C)c1. The fraction of sp³-hybridized carbons (Fsp3) is 0.294. The lowest BCUT2D eigenvalue weighted by Gasteiger charge is -2.15. The Morgan fingerprint density at radius 1 is 1.00 bits per heavy atom. The number of hydrogen-bond donors (Lipinski definition) is 1. The first-order valence-corrected chi connectivity index (χ1v) is 6.87. The molecular formula is C17H20FNO2. The van der Waals surface area contributed by atoms with E-state index in [1.165, 1.54) is 12.1 Å². The van der Waals surface area contributed by atoms with E-state index in [-0.39, 0.29) is 17.5 Å². The normalized spacial score (nSPS) is 10.8. The third kappa shape index (κ3) is 3.66. The zero-order valence-corrected chi connectivity index (χ0v) is 12.7. The standard InChI is InChI=1S/C17H20FNO2/c1-10(2)20-16-9-17(14(19)8-13(16)18)21-15-6-5-11(3)7-12(15)4/h5-10H,19H2,1-4H3. The van der Waals surface area contributed by atoms with Crippen LogP contribution >= 0.6 is 0 Å². The third-order valence-corrected chi connectivity index (χ3v) is 2.98. The molecule has 112 valence electrons. The molecular weight excluding hydrogens is 269 g/mol. The maximum absolute atomic E-state index is 13.8. The minimum atomic E-state index is -0.492. The lowest BCUT2D eigenvalue weighted by molar-refractivity contribution is 0.230. The van der Waals surface area contributed by atoms with Crippen LogP contribution in [0.2, 0.25) is 0 Å². The van der Waals surface area contributed by atoms with E-state index in [2.05, 4.69) is 0 Å². The smallest absolute Gasteiger partial charge is 0.167 e. The summed E-state index contributed by atoms with van der Waals surface area (Å²) in [5, 5.41) is 0. The molecule has 0 radical (unpaired) electrons. The van der Waals surface area contributed by atoms with Crippen molar-refractivity contribution in [3.63, 3.8) is 0 Å². The van der Waals surface area contributed by atoms with Gasteiger partial charge in [-0.15, -0.1) is 0 Å². The molecule has 3 nitrogen and oxygen atoms in total. The fourth-order valence-corrected chi connectivity index (χ4v) is 2.02. The van der Waals surface area contributed by atoms with Crippen LogP contribution in [0.1, 0.15) is 25.0 Å². The van der Waals surface area contributed by atoms with Crippen molar-refractivity contribution in [3.05, 3.63) is 47.3 Å². The van der Waals surface area contributed by atoms with Gasteiger partial charge in [-0.3, -0.25) is 0 Å². The molecule has 21 heavy (non-hydrogen) atoms. The van der Waals surface area contributed by atoms with Crippen molar-refractivity contribution in [2.45, 2.75) is 33.8 Å². The maximum Gasteiger partial charge on any atom is 0.167 e. The summed E-state index contributed by atoms with van der Waals surface area (Å²) >= 11 is 0. The predicted octanol–water partition coefficient (Wildman–Crippen LogP) is 4.60. The Labute approximate surface area is 124 Å². The van der Waals surface area contributed by atoms with Crippen molar-refractivity contribution in [1.82, 2.24) is 0 Å². The molecule has 0 bridgehead atoms. The molecule has 0 heterocycles. The lowest BCUT2D eigenvalue weighted by atomic mass is 10.1. The van der Waals surface area contributed by atoms with Crippen LogP contribution in [0.3, 0.4) is 0 Å². The van der Waals surface area contributed by atoms with E-state index in [1.807, 2.05) is 45.9 Å². The zero-order valence-electron chi connectivity index (χ0n) is 12.7. The van der Waals surface area contributed by atoms with Gasteiger partial charge in [0.15, 0.2) is 17.3 Å². The van der Waals surface area contributed by atoms with Crippen LogP contribution in [0, 0.1) is 19.7 Å². The van der Waals surface area contributed by atoms with Crippen molar-refractivity contribution >= 4 is 5.69 Å². The van der Waals surface area contributed by atoms with Crippen LogP contribution in [-0.2, 0) is 0 Å². The largest absolute Gasteiger partial charge is 0.488 e. The molecule has 2 aromatic rings. The van der Waals surface area contributed by atoms with Gasteiger partial charge in [-0.2, -0.15) is 0 Å². The van der Waals surface area contributed by atoms with Gasteiger partial charge in [0.2, 0.25) is 0 Å². The molecule has 0 aliphatic carbocycles. The van der Waals surface area contributed by atoms with Crippen molar-refractivity contribution in [3.8, 4) is 17.2 Å². The highest BCUT2D eigenvalue weighted by atomic mass is 19.1. The van der Waals surface area contributed by atoms with Gasteiger partial charge in [-0.05, 0) is 39.3 Å². The van der Waals surface area contributed by atoms with Gasteiger partial charge in [0.25, 0.3) is 0 Å². The first-order valence-electron chi connectivity index (χ1n) is 6.87. The molecule has 2 N–H and O–H groups in total. The average molecular weight is 289 g/mol. The van der Waals surface area contributed by atoms with Crippen LogP contribution in [-0.4, -0.2) is 6.10 Å². The van der Waals surface area contributed by atoms with Crippen LogP contribution in [0.25, 0.3) is 0 Å². The van der Waals surface area contributed by atoms with Crippen LogP contribution in [0.15, 0.2) is 30.3 Å². The van der Waals surface area contributed by atoms with E-state index < -0.39 is 5.82 Å². The van der Waals surface area contributed by atoms with E-state index in [4.69, 9.17) is 15.2 Å². The number of anilines is 1. The highest BCUT2D eigenvalue weighted by Crippen LogP contribution is 2.35. The zero-order chi connectivity index (χ0) is 15.6. The number of halogens is 1. The molecule has 0 saturated heterocycles. The monoisotopic (exact) mass is 289 g/mol. The molecule has 0 fully saturated rings. The topological polar surface area (TPSA) is 44.5 Å². The summed E-state index contributed by atoms with van der Waals surface area (Å²) in [5.41, 5.74) is 8.21. The molecule has 0 amide bonds. The second kappa shape index (κ2) is 6.04. The molecule has 0 saturated carbocycles. The summed E-state index contributed by atoms with van der Waals surface area (Å²) in [7, 11) is 0. The van der Waals surface area contributed by atoms with Crippen LogP contribution in [0.5, 0.6) is 17.2 Å². The Bertz CT molecular complexity index is 653. The molecule has 4 heteroatoms. The summed E-state index contributed by atoms with van der Waals surface area (Å²) in [6.07, 6.45) is -0.128. The molecule has 0 unspecified atom stereocenters. The summed E-state index contributed by atoms with van der Waals surface area (Å²) in [6, 6.07) is 8.55. The highest BCUT2D eigenvalue weighted by Gasteiger charge is 2.13. The first kappa shape index (κ1) is 15.2. The molecule has 2 aromatic carbocycles. The predicted molar refractivity (Wildman–Crippen MR) is 82.6 cm³/mol. The Balaban J connectivity index is 2.34. The van der Waals surface area contributed by atoms with Gasteiger partial charge in [0.1, 0.15) is 5.75 Å². The van der Waals surface area contributed by atoms with Crippen molar-refractivity contribution in [2.24, 2.45) is 0 Å². The van der Waals surface area contributed by atoms with Gasteiger partial charge >= 0.3 is 0 Å². The van der Waals surface area contributed by atoms with Crippen molar-refractivity contribution in [1.29, 1.82) is 0 Å².